The minimum absolute atomic E-state index is 0.0738. The average Bonchev–Trinajstić information content (AvgIpc) is 3.23. The highest BCUT2D eigenvalue weighted by atomic mass is 16.3. The van der Waals surface area contributed by atoms with Gasteiger partial charge in [-0.2, -0.15) is 0 Å². The predicted molar refractivity (Wildman–Crippen MR) is 90.5 cm³/mol. The molecule has 3 heterocycles. The lowest BCUT2D eigenvalue weighted by Crippen LogP contribution is -2.42. The molecule has 0 aliphatic carbocycles. The molecule has 1 atom stereocenters. The number of benzene rings is 1. The number of carbonyl (C=O) groups is 1. The number of hydrogen-bond donors (Lipinski definition) is 0. The second-order valence-corrected chi connectivity index (χ2v) is 6.23. The molecule has 1 aromatic carbocycles. The van der Waals surface area contributed by atoms with Crippen molar-refractivity contribution in [1.29, 1.82) is 0 Å². The monoisotopic (exact) mass is 337 g/mol. The van der Waals surface area contributed by atoms with Crippen molar-refractivity contribution in [1.82, 2.24) is 24.6 Å². The van der Waals surface area contributed by atoms with Gasteiger partial charge in [-0.3, -0.25) is 9.36 Å². The molecule has 3 aromatic rings. The van der Waals surface area contributed by atoms with Gasteiger partial charge in [-0.1, -0.05) is 30.3 Å². The van der Waals surface area contributed by atoms with Crippen LogP contribution in [0.1, 0.15) is 30.2 Å². The molecular formula is C18H19N5O2. The topological polar surface area (TPSA) is 77.1 Å². The molecular weight excluding hydrogens is 318 g/mol. The molecule has 0 spiro atoms. The van der Waals surface area contributed by atoms with E-state index >= 15 is 0 Å². The van der Waals surface area contributed by atoms with Crippen LogP contribution >= 0.6 is 0 Å². The predicted octanol–water partition coefficient (Wildman–Crippen LogP) is 2.39. The third kappa shape index (κ3) is 2.82. The van der Waals surface area contributed by atoms with Crippen molar-refractivity contribution in [2.45, 2.75) is 32.9 Å². The Hall–Kier alpha value is -2.96. The van der Waals surface area contributed by atoms with Gasteiger partial charge in [-0.25, -0.2) is 4.98 Å². The number of rotatable bonds is 4. The Balaban J connectivity index is 1.57. The van der Waals surface area contributed by atoms with Gasteiger partial charge >= 0.3 is 0 Å². The molecule has 7 heteroatoms. The van der Waals surface area contributed by atoms with Crippen LogP contribution in [0.5, 0.6) is 0 Å². The van der Waals surface area contributed by atoms with Gasteiger partial charge in [-0.15, -0.1) is 10.2 Å². The van der Waals surface area contributed by atoms with Crippen molar-refractivity contribution in [3.63, 3.8) is 0 Å². The van der Waals surface area contributed by atoms with Gasteiger partial charge in [-0.05, 0) is 18.9 Å². The molecule has 128 valence electrons. The second-order valence-electron chi connectivity index (χ2n) is 6.23. The number of carbonyl (C=O) groups excluding carboxylic acids is 1. The number of nitrogens with zero attached hydrogens (tertiary/aromatic N) is 5. The molecule has 0 saturated heterocycles. The first-order valence-electron chi connectivity index (χ1n) is 8.32. The normalized spacial score (nSPS) is 17.0. The molecule has 1 aliphatic rings. The van der Waals surface area contributed by atoms with E-state index in [1.54, 1.807) is 13.2 Å². The zero-order chi connectivity index (χ0) is 17.4. The largest absolute Gasteiger partial charge is 0.449 e. The smallest absolute Gasteiger partial charge is 0.245 e. The van der Waals surface area contributed by atoms with Crippen LogP contribution in [0.25, 0.3) is 11.5 Å². The number of hydrogen-bond acceptors (Lipinski definition) is 5. The summed E-state index contributed by atoms with van der Waals surface area (Å²) in [6.07, 6.45) is 2.37. The molecule has 0 saturated carbocycles. The van der Waals surface area contributed by atoms with Crippen LogP contribution in [0, 0.1) is 6.92 Å². The van der Waals surface area contributed by atoms with Gasteiger partial charge in [0.15, 0.2) is 17.5 Å². The first-order chi connectivity index (χ1) is 12.1. The fourth-order valence-corrected chi connectivity index (χ4v) is 3.20. The number of oxazole rings is 1. The molecule has 25 heavy (non-hydrogen) atoms. The van der Waals surface area contributed by atoms with E-state index in [1.165, 1.54) is 5.56 Å². The lowest BCUT2D eigenvalue weighted by molar-refractivity contribution is -0.136. The summed E-state index contributed by atoms with van der Waals surface area (Å²) in [6.45, 7) is 4.77. The van der Waals surface area contributed by atoms with Crippen molar-refractivity contribution in [2.24, 2.45) is 0 Å². The fourth-order valence-electron chi connectivity index (χ4n) is 3.20. The number of fused-ring (bicyclic) bond motifs is 1. The van der Waals surface area contributed by atoms with Crippen LogP contribution in [-0.2, 0) is 17.8 Å². The van der Waals surface area contributed by atoms with Crippen molar-refractivity contribution >= 4 is 5.91 Å². The van der Waals surface area contributed by atoms with Crippen LogP contribution in [0.3, 0.4) is 0 Å². The van der Waals surface area contributed by atoms with Gasteiger partial charge < -0.3 is 9.32 Å². The first kappa shape index (κ1) is 15.6. The van der Waals surface area contributed by atoms with E-state index in [0.717, 1.165) is 12.2 Å². The van der Waals surface area contributed by atoms with E-state index < -0.39 is 0 Å². The number of amides is 1. The maximum absolute atomic E-state index is 12.8. The zero-order valence-corrected chi connectivity index (χ0v) is 14.2. The third-order valence-electron chi connectivity index (χ3n) is 4.52. The third-order valence-corrected chi connectivity index (χ3v) is 4.52. The van der Waals surface area contributed by atoms with E-state index in [9.17, 15) is 4.79 Å². The number of aromatic nitrogens is 4. The summed E-state index contributed by atoms with van der Waals surface area (Å²) < 4.78 is 7.12. The summed E-state index contributed by atoms with van der Waals surface area (Å²) in [5.74, 6) is 1.99. The zero-order valence-electron chi connectivity index (χ0n) is 14.2. The maximum Gasteiger partial charge on any atom is 0.245 e. The Kier molecular flexibility index (Phi) is 3.83. The van der Waals surface area contributed by atoms with Crippen molar-refractivity contribution < 1.29 is 9.21 Å². The molecule has 2 aromatic heterocycles. The van der Waals surface area contributed by atoms with Crippen molar-refractivity contribution in [3.05, 3.63) is 53.9 Å². The quantitative estimate of drug-likeness (QED) is 0.730. The highest BCUT2D eigenvalue weighted by molar-refractivity contribution is 5.81. The molecule has 0 fully saturated rings. The second kappa shape index (κ2) is 6.16. The molecule has 0 N–H and O–H groups in total. The molecule has 7 nitrogen and oxygen atoms in total. The summed E-state index contributed by atoms with van der Waals surface area (Å²) in [5.41, 5.74) is 1.82. The Bertz CT molecular complexity index is 899. The average molecular weight is 337 g/mol. The van der Waals surface area contributed by atoms with Crippen LogP contribution < -0.4 is 0 Å². The fraction of sp³-hybridized carbons (Fsp3) is 0.333. The first-order valence-corrected chi connectivity index (χ1v) is 8.32. The van der Waals surface area contributed by atoms with Crippen molar-refractivity contribution in [3.8, 4) is 11.5 Å². The van der Waals surface area contributed by atoms with E-state index in [4.69, 9.17) is 4.42 Å². The van der Waals surface area contributed by atoms with E-state index in [1.807, 2.05) is 34.6 Å². The van der Waals surface area contributed by atoms with Crippen LogP contribution in [0.2, 0.25) is 0 Å². The Labute approximate surface area is 145 Å². The van der Waals surface area contributed by atoms with Gasteiger partial charge in [0.1, 0.15) is 18.0 Å². The lowest BCUT2D eigenvalue weighted by atomic mass is 10.1. The Morgan fingerprint density at radius 3 is 2.76 bits per heavy atom. The summed E-state index contributed by atoms with van der Waals surface area (Å²) in [7, 11) is 0. The van der Waals surface area contributed by atoms with Crippen LogP contribution in [-0.4, -0.2) is 37.1 Å². The van der Waals surface area contributed by atoms with Gasteiger partial charge in [0, 0.05) is 13.5 Å². The van der Waals surface area contributed by atoms with Gasteiger partial charge in [0.2, 0.25) is 5.91 Å². The summed E-state index contributed by atoms with van der Waals surface area (Å²) in [6, 6.07) is 9.81. The minimum Gasteiger partial charge on any atom is -0.449 e. The molecule has 0 unspecified atom stereocenters. The van der Waals surface area contributed by atoms with Crippen LogP contribution in [0.15, 0.2) is 41.0 Å². The minimum atomic E-state index is -0.360. The molecule has 1 aliphatic heterocycles. The lowest BCUT2D eigenvalue weighted by Gasteiger charge is -2.32. The summed E-state index contributed by atoms with van der Waals surface area (Å²) >= 11 is 0. The van der Waals surface area contributed by atoms with E-state index in [-0.39, 0.29) is 11.9 Å². The number of aryl methyl sites for hydroxylation is 1. The Morgan fingerprint density at radius 1 is 1.24 bits per heavy atom. The summed E-state index contributed by atoms with van der Waals surface area (Å²) in [4.78, 5) is 18.9. The SMILES string of the molecule is Cc1nc(-c2nnc3n2[C@H](C)C(=O)N(CCc2ccccc2)C3)co1. The van der Waals surface area contributed by atoms with Crippen molar-refractivity contribution in [2.75, 3.05) is 6.54 Å². The maximum atomic E-state index is 12.8. The standard InChI is InChI=1S/C18H19N5O2/c1-12-18(24)22(9-8-14-6-4-3-5-7-14)10-16-20-21-17(23(12)16)15-11-25-13(2)19-15/h3-7,11-12H,8-10H2,1-2H3/t12-/m1/s1. The van der Waals surface area contributed by atoms with E-state index in [0.29, 0.717) is 30.5 Å². The highest BCUT2D eigenvalue weighted by Gasteiger charge is 2.33. The summed E-state index contributed by atoms with van der Waals surface area (Å²) in [5, 5.41) is 8.50. The van der Waals surface area contributed by atoms with E-state index in [2.05, 4.69) is 27.3 Å². The van der Waals surface area contributed by atoms with Crippen LogP contribution in [0.4, 0.5) is 0 Å². The van der Waals surface area contributed by atoms with Gasteiger partial charge in [0.05, 0.1) is 6.54 Å². The molecule has 4 rings (SSSR count). The van der Waals surface area contributed by atoms with Gasteiger partial charge in [0.25, 0.3) is 0 Å². The Morgan fingerprint density at radius 2 is 2.04 bits per heavy atom. The highest BCUT2D eigenvalue weighted by Crippen LogP contribution is 2.28. The molecule has 0 radical (unpaired) electrons. The molecule has 0 bridgehead atoms. The molecule has 1 amide bonds.